The lowest BCUT2D eigenvalue weighted by Crippen LogP contribution is -2.07. The van der Waals surface area contributed by atoms with E-state index in [0.717, 1.165) is 21.1 Å². The number of nitrogen functional groups attached to an aromatic ring is 1. The van der Waals surface area contributed by atoms with E-state index in [1.807, 2.05) is 25.1 Å². The van der Waals surface area contributed by atoms with Crippen LogP contribution in [-0.2, 0) is 0 Å². The Labute approximate surface area is 133 Å². The number of nitrogens with zero attached hydrogens (tertiary/aromatic N) is 3. The summed E-state index contributed by atoms with van der Waals surface area (Å²) in [6, 6.07) is 5.95. The van der Waals surface area contributed by atoms with Gasteiger partial charge in [-0.15, -0.1) is 0 Å². The first-order valence-corrected chi connectivity index (χ1v) is 7.53. The molecule has 0 spiro atoms. The van der Waals surface area contributed by atoms with Crippen LogP contribution in [0.5, 0.6) is 6.01 Å². The second kappa shape index (κ2) is 6.85. The van der Waals surface area contributed by atoms with Gasteiger partial charge in [0.2, 0.25) is 11.9 Å². The molecule has 2 aromatic rings. The molecule has 1 heterocycles. The van der Waals surface area contributed by atoms with Gasteiger partial charge >= 0.3 is 6.01 Å². The van der Waals surface area contributed by atoms with E-state index in [2.05, 4.69) is 52.1 Å². The Bertz CT molecular complexity index is 608. The summed E-state index contributed by atoms with van der Waals surface area (Å²) in [7, 11) is 0. The second-order valence-corrected chi connectivity index (χ2v) is 5.67. The third kappa shape index (κ3) is 4.04. The zero-order valence-electron chi connectivity index (χ0n) is 10.7. The number of ether oxygens (including phenoxy) is 1. The summed E-state index contributed by atoms with van der Waals surface area (Å²) in [5.41, 5.74) is 6.46. The molecule has 0 aliphatic heterocycles. The molecule has 20 heavy (non-hydrogen) atoms. The highest BCUT2D eigenvalue weighted by Crippen LogP contribution is 2.28. The fraction of sp³-hybridized carbons (Fsp3) is 0.250. The van der Waals surface area contributed by atoms with E-state index in [9.17, 15) is 0 Å². The van der Waals surface area contributed by atoms with Gasteiger partial charge in [-0.2, -0.15) is 15.0 Å². The van der Waals surface area contributed by atoms with Crippen LogP contribution in [0.15, 0.2) is 27.1 Å². The smallest absolute Gasteiger partial charge is 0.323 e. The minimum absolute atomic E-state index is 0.111. The van der Waals surface area contributed by atoms with Gasteiger partial charge < -0.3 is 15.8 Å². The lowest BCUT2D eigenvalue weighted by Gasteiger charge is -2.09. The molecule has 3 N–H and O–H groups in total. The first-order valence-electron chi connectivity index (χ1n) is 5.95. The highest BCUT2D eigenvalue weighted by Gasteiger charge is 2.08. The van der Waals surface area contributed by atoms with Gasteiger partial charge in [0, 0.05) is 8.95 Å². The zero-order valence-corrected chi connectivity index (χ0v) is 13.9. The Hall–Kier alpha value is -1.41. The molecule has 0 atom stereocenters. The maximum atomic E-state index is 5.65. The monoisotopic (exact) mass is 401 g/mol. The van der Waals surface area contributed by atoms with Gasteiger partial charge in [-0.1, -0.05) is 22.9 Å². The van der Waals surface area contributed by atoms with Crippen LogP contribution < -0.4 is 15.8 Å². The van der Waals surface area contributed by atoms with Crippen molar-refractivity contribution in [1.29, 1.82) is 0 Å². The Kier molecular flexibility index (Phi) is 5.13. The predicted molar refractivity (Wildman–Crippen MR) is 85.2 cm³/mol. The molecule has 6 nitrogen and oxygen atoms in total. The highest BCUT2D eigenvalue weighted by atomic mass is 79.9. The number of aromatic nitrogens is 3. The predicted octanol–water partition coefficient (Wildman–Crippen LogP) is 3.51. The van der Waals surface area contributed by atoms with Crippen molar-refractivity contribution >= 4 is 49.4 Å². The number of nitrogens with two attached hydrogens (primary N) is 1. The quantitative estimate of drug-likeness (QED) is 0.795. The summed E-state index contributed by atoms with van der Waals surface area (Å²) in [4.78, 5) is 12.1. The molecule has 0 radical (unpaired) electrons. The Morgan fingerprint density at radius 1 is 1.25 bits per heavy atom. The first-order chi connectivity index (χ1) is 9.58. The molecule has 0 aliphatic carbocycles. The lowest BCUT2D eigenvalue weighted by atomic mass is 10.3. The Morgan fingerprint density at radius 3 is 2.80 bits per heavy atom. The topological polar surface area (TPSA) is 86.0 Å². The molecule has 0 amide bonds. The van der Waals surface area contributed by atoms with Crippen LogP contribution in [0.25, 0.3) is 0 Å². The molecule has 8 heteroatoms. The number of hydrogen-bond donors (Lipinski definition) is 2. The molecule has 106 valence electrons. The zero-order chi connectivity index (χ0) is 14.5. The average Bonchev–Trinajstić information content (AvgIpc) is 2.40. The van der Waals surface area contributed by atoms with Crippen molar-refractivity contribution < 1.29 is 4.74 Å². The third-order valence-electron chi connectivity index (χ3n) is 2.24. The first kappa shape index (κ1) is 15.0. The van der Waals surface area contributed by atoms with E-state index in [4.69, 9.17) is 10.5 Å². The van der Waals surface area contributed by atoms with Crippen molar-refractivity contribution in [3.63, 3.8) is 0 Å². The summed E-state index contributed by atoms with van der Waals surface area (Å²) in [6.07, 6.45) is 0.867. The molecule has 1 aromatic heterocycles. The number of anilines is 3. The largest absolute Gasteiger partial charge is 0.463 e. The Morgan fingerprint density at radius 2 is 2.05 bits per heavy atom. The van der Waals surface area contributed by atoms with Crippen LogP contribution in [-0.4, -0.2) is 21.6 Å². The van der Waals surface area contributed by atoms with E-state index in [-0.39, 0.29) is 12.0 Å². The SMILES string of the molecule is CCCOc1nc(N)nc(Nc2cc(Br)ccc2Br)n1. The standard InChI is InChI=1S/C12H13Br2N5O/c1-2-5-20-12-18-10(15)17-11(19-12)16-9-6-7(13)3-4-8(9)14/h3-4,6H,2,5H2,1H3,(H3,15,16,17,18,19). The minimum Gasteiger partial charge on any atom is -0.463 e. The van der Waals surface area contributed by atoms with Gasteiger partial charge in [0.15, 0.2) is 0 Å². The van der Waals surface area contributed by atoms with E-state index >= 15 is 0 Å². The van der Waals surface area contributed by atoms with Crippen molar-refractivity contribution in [3.8, 4) is 6.01 Å². The number of hydrogen-bond acceptors (Lipinski definition) is 6. The van der Waals surface area contributed by atoms with Crippen molar-refractivity contribution in [2.45, 2.75) is 13.3 Å². The fourth-order valence-electron chi connectivity index (χ4n) is 1.40. The van der Waals surface area contributed by atoms with Crippen LogP contribution in [0.1, 0.15) is 13.3 Å². The van der Waals surface area contributed by atoms with Gasteiger partial charge in [0.25, 0.3) is 0 Å². The van der Waals surface area contributed by atoms with Crippen molar-refractivity contribution in [3.05, 3.63) is 27.1 Å². The molecule has 0 bridgehead atoms. The van der Waals surface area contributed by atoms with Gasteiger partial charge in [-0.3, -0.25) is 0 Å². The van der Waals surface area contributed by atoms with Crippen LogP contribution >= 0.6 is 31.9 Å². The van der Waals surface area contributed by atoms with Gasteiger partial charge in [-0.25, -0.2) is 0 Å². The molecule has 0 unspecified atom stereocenters. The van der Waals surface area contributed by atoms with E-state index in [1.54, 1.807) is 0 Å². The van der Waals surface area contributed by atoms with E-state index < -0.39 is 0 Å². The van der Waals surface area contributed by atoms with Crippen LogP contribution in [0.3, 0.4) is 0 Å². The summed E-state index contributed by atoms with van der Waals surface area (Å²) in [6.45, 7) is 2.53. The van der Waals surface area contributed by atoms with Crippen LogP contribution in [0.2, 0.25) is 0 Å². The summed E-state index contributed by atoms with van der Waals surface area (Å²) < 4.78 is 7.19. The normalized spacial score (nSPS) is 10.3. The molecule has 0 saturated heterocycles. The summed E-state index contributed by atoms with van der Waals surface area (Å²) >= 11 is 6.86. The molecular weight excluding hydrogens is 390 g/mol. The third-order valence-corrected chi connectivity index (χ3v) is 3.43. The number of rotatable bonds is 5. The van der Waals surface area contributed by atoms with Crippen molar-refractivity contribution in [1.82, 2.24) is 15.0 Å². The molecular formula is C12H13Br2N5O. The number of nitrogens with one attached hydrogen (secondary N) is 1. The molecule has 0 fully saturated rings. The van der Waals surface area contributed by atoms with Crippen LogP contribution in [0, 0.1) is 0 Å². The van der Waals surface area contributed by atoms with Gasteiger partial charge in [-0.05, 0) is 40.5 Å². The molecule has 0 aliphatic rings. The molecule has 2 rings (SSSR count). The fourth-order valence-corrected chi connectivity index (χ4v) is 2.11. The summed E-state index contributed by atoms with van der Waals surface area (Å²) in [5.74, 6) is 0.446. The maximum Gasteiger partial charge on any atom is 0.323 e. The average molecular weight is 403 g/mol. The number of benzene rings is 1. The highest BCUT2D eigenvalue weighted by molar-refractivity contribution is 9.11. The second-order valence-electron chi connectivity index (χ2n) is 3.90. The minimum atomic E-state index is 0.111. The maximum absolute atomic E-state index is 5.65. The molecule has 1 aromatic carbocycles. The van der Waals surface area contributed by atoms with Gasteiger partial charge in [0.05, 0.1) is 12.3 Å². The van der Waals surface area contributed by atoms with Crippen molar-refractivity contribution in [2.75, 3.05) is 17.7 Å². The van der Waals surface area contributed by atoms with E-state index in [0.29, 0.717) is 12.6 Å². The van der Waals surface area contributed by atoms with E-state index in [1.165, 1.54) is 0 Å². The van der Waals surface area contributed by atoms with Gasteiger partial charge in [0.1, 0.15) is 0 Å². The van der Waals surface area contributed by atoms with Crippen molar-refractivity contribution in [2.24, 2.45) is 0 Å². The number of halogens is 2. The Balaban J connectivity index is 2.24. The summed E-state index contributed by atoms with van der Waals surface area (Å²) in [5, 5.41) is 3.07. The lowest BCUT2D eigenvalue weighted by molar-refractivity contribution is 0.292. The van der Waals surface area contributed by atoms with Crippen LogP contribution in [0.4, 0.5) is 17.6 Å². The molecule has 0 saturated carbocycles.